The van der Waals surface area contributed by atoms with Crippen LogP contribution in [0.5, 0.6) is 0 Å². The van der Waals surface area contributed by atoms with E-state index in [1.807, 2.05) is 65.6 Å². The molecule has 1 saturated heterocycles. The fourth-order valence-electron chi connectivity index (χ4n) is 3.83. The molecule has 0 saturated carbocycles. The lowest BCUT2D eigenvalue weighted by molar-refractivity contribution is 0.0706. The van der Waals surface area contributed by atoms with E-state index in [-0.39, 0.29) is 11.8 Å². The Morgan fingerprint density at radius 3 is 2.61 bits per heavy atom. The highest BCUT2D eigenvalue weighted by atomic mass is 35.5. The average molecular weight is 391 g/mol. The maximum Gasteiger partial charge on any atom is 0.253 e. The third-order valence-electron chi connectivity index (χ3n) is 5.31. The van der Waals surface area contributed by atoms with Gasteiger partial charge in [0.15, 0.2) is 0 Å². The van der Waals surface area contributed by atoms with Crippen molar-refractivity contribution in [2.24, 2.45) is 0 Å². The molecule has 1 unspecified atom stereocenters. The smallest absolute Gasteiger partial charge is 0.253 e. The van der Waals surface area contributed by atoms with Crippen molar-refractivity contribution in [3.05, 3.63) is 100 Å². The number of benzene rings is 2. The van der Waals surface area contributed by atoms with Gasteiger partial charge in [0.1, 0.15) is 0 Å². The van der Waals surface area contributed by atoms with E-state index in [9.17, 15) is 4.79 Å². The Kier molecular flexibility index (Phi) is 5.73. The Labute approximate surface area is 171 Å². The van der Waals surface area contributed by atoms with Gasteiger partial charge in [0.25, 0.3) is 5.91 Å². The second kappa shape index (κ2) is 8.57. The van der Waals surface area contributed by atoms with Gasteiger partial charge in [-0.2, -0.15) is 0 Å². The minimum atomic E-state index is 0.109. The predicted molar refractivity (Wildman–Crippen MR) is 113 cm³/mol. The van der Waals surface area contributed by atoms with Crippen LogP contribution in [-0.2, 0) is 6.42 Å². The lowest BCUT2D eigenvalue weighted by Gasteiger charge is -2.32. The Morgan fingerprint density at radius 1 is 1.00 bits per heavy atom. The van der Waals surface area contributed by atoms with Crippen molar-refractivity contribution in [2.45, 2.75) is 25.2 Å². The number of rotatable bonds is 4. The fourth-order valence-corrected chi connectivity index (χ4v) is 4.03. The zero-order valence-electron chi connectivity index (χ0n) is 15.7. The molecule has 0 radical (unpaired) electrons. The maximum atomic E-state index is 12.8. The summed E-state index contributed by atoms with van der Waals surface area (Å²) in [7, 11) is 0. The van der Waals surface area contributed by atoms with E-state index < -0.39 is 0 Å². The van der Waals surface area contributed by atoms with Crippen LogP contribution in [0.25, 0.3) is 0 Å². The minimum Gasteiger partial charge on any atom is -0.338 e. The number of aromatic nitrogens is 1. The lowest BCUT2D eigenvalue weighted by Crippen LogP contribution is -2.39. The minimum absolute atomic E-state index is 0.109. The normalized spacial score (nSPS) is 16.8. The summed E-state index contributed by atoms with van der Waals surface area (Å²) in [4.78, 5) is 19.7. The second-order valence-corrected chi connectivity index (χ2v) is 7.69. The number of hydrogen-bond acceptors (Lipinski definition) is 2. The Hall–Kier alpha value is -2.65. The maximum absolute atomic E-state index is 12.8. The quantitative estimate of drug-likeness (QED) is 0.602. The molecular formula is C24H23ClN2O. The fraction of sp³-hybridized carbons (Fsp3) is 0.250. The number of hydrogen-bond donors (Lipinski definition) is 0. The van der Waals surface area contributed by atoms with Crippen molar-refractivity contribution < 1.29 is 4.79 Å². The van der Waals surface area contributed by atoms with Gasteiger partial charge in [-0.15, -0.1) is 0 Å². The SMILES string of the molecule is O=C(c1ccccc1)N1CCCC(c2cccc(Cc3ccccc3Cl)n2)C1. The number of carbonyl (C=O) groups excluding carboxylic acids is 1. The molecule has 1 fully saturated rings. The lowest BCUT2D eigenvalue weighted by atomic mass is 9.93. The molecule has 0 bridgehead atoms. The second-order valence-electron chi connectivity index (χ2n) is 7.28. The van der Waals surface area contributed by atoms with E-state index in [0.717, 1.165) is 53.5 Å². The first-order valence-electron chi connectivity index (χ1n) is 9.74. The molecule has 4 heteroatoms. The zero-order valence-corrected chi connectivity index (χ0v) is 16.5. The third-order valence-corrected chi connectivity index (χ3v) is 5.67. The number of amides is 1. The summed E-state index contributed by atoms with van der Waals surface area (Å²) in [5, 5.41) is 0.770. The average Bonchev–Trinajstić information content (AvgIpc) is 2.76. The third kappa shape index (κ3) is 4.26. The number of carbonyl (C=O) groups is 1. The largest absolute Gasteiger partial charge is 0.338 e. The van der Waals surface area contributed by atoms with E-state index in [1.165, 1.54) is 0 Å². The van der Waals surface area contributed by atoms with Crippen LogP contribution >= 0.6 is 11.6 Å². The summed E-state index contributed by atoms with van der Waals surface area (Å²) < 4.78 is 0. The first-order chi connectivity index (χ1) is 13.7. The van der Waals surface area contributed by atoms with Gasteiger partial charge in [-0.3, -0.25) is 9.78 Å². The van der Waals surface area contributed by atoms with Crippen LogP contribution in [0.4, 0.5) is 0 Å². The van der Waals surface area contributed by atoms with Crippen molar-refractivity contribution >= 4 is 17.5 Å². The molecule has 142 valence electrons. The zero-order chi connectivity index (χ0) is 19.3. The highest BCUT2D eigenvalue weighted by Gasteiger charge is 2.26. The van der Waals surface area contributed by atoms with Crippen LogP contribution in [0.15, 0.2) is 72.8 Å². The summed E-state index contributed by atoms with van der Waals surface area (Å²) in [5.74, 6) is 0.380. The van der Waals surface area contributed by atoms with E-state index >= 15 is 0 Å². The molecule has 1 aliphatic rings. The molecule has 0 N–H and O–H groups in total. The molecule has 1 aliphatic heterocycles. The van der Waals surface area contributed by atoms with Crippen LogP contribution < -0.4 is 0 Å². The summed E-state index contributed by atoms with van der Waals surface area (Å²) in [6.07, 6.45) is 2.77. The molecule has 1 amide bonds. The van der Waals surface area contributed by atoms with Crippen molar-refractivity contribution in [2.75, 3.05) is 13.1 Å². The number of likely N-dealkylation sites (tertiary alicyclic amines) is 1. The van der Waals surface area contributed by atoms with Gasteiger partial charge in [0, 0.05) is 47.4 Å². The first-order valence-corrected chi connectivity index (χ1v) is 10.1. The molecule has 0 spiro atoms. The van der Waals surface area contributed by atoms with Crippen molar-refractivity contribution in [1.29, 1.82) is 0 Å². The molecule has 28 heavy (non-hydrogen) atoms. The molecule has 1 atom stereocenters. The van der Waals surface area contributed by atoms with Crippen LogP contribution in [0.1, 0.15) is 46.1 Å². The van der Waals surface area contributed by atoms with Crippen LogP contribution in [0.2, 0.25) is 5.02 Å². The van der Waals surface area contributed by atoms with Gasteiger partial charge in [0.2, 0.25) is 0 Å². The standard InChI is InChI=1S/C24H23ClN2O/c25-22-13-5-4-10-19(22)16-21-12-6-14-23(26-21)20-11-7-15-27(17-20)24(28)18-8-2-1-3-9-18/h1-6,8-10,12-14,20H,7,11,15-17H2. The number of pyridine rings is 1. The predicted octanol–water partition coefficient (Wildman–Crippen LogP) is 5.35. The molecule has 1 aromatic heterocycles. The molecule has 0 aliphatic carbocycles. The highest BCUT2D eigenvalue weighted by molar-refractivity contribution is 6.31. The Morgan fingerprint density at radius 2 is 1.79 bits per heavy atom. The summed E-state index contributed by atoms with van der Waals surface area (Å²) >= 11 is 6.30. The van der Waals surface area contributed by atoms with Gasteiger partial charge < -0.3 is 4.90 Å². The molecule has 3 aromatic rings. The van der Waals surface area contributed by atoms with E-state index in [0.29, 0.717) is 6.42 Å². The molecule has 2 aromatic carbocycles. The summed E-state index contributed by atoms with van der Waals surface area (Å²) in [5.41, 5.74) is 3.91. The van der Waals surface area contributed by atoms with Crippen LogP contribution in [0, 0.1) is 0 Å². The topological polar surface area (TPSA) is 33.2 Å². The van der Waals surface area contributed by atoms with Gasteiger partial charge in [-0.1, -0.05) is 54.1 Å². The van der Waals surface area contributed by atoms with E-state index in [2.05, 4.69) is 12.1 Å². The summed E-state index contributed by atoms with van der Waals surface area (Å²) in [6, 6.07) is 23.6. The summed E-state index contributed by atoms with van der Waals surface area (Å²) in [6.45, 7) is 1.53. The molecule has 2 heterocycles. The van der Waals surface area contributed by atoms with Gasteiger partial charge in [-0.25, -0.2) is 0 Å². The van der Waals surface area contributed by atoms with E-state index in [1.54, 1.807) is 0 Å². The van der Waals surface area contributed by atoms with Crippen molar-refractivity contribution in [3.8, 4) is 0 Å². The molecular weight excluding hydrogens is 368 g/mol. The highest BCUT2D eigenvalue weighted by Crippen LogP contribution is 2.27. The van der Waals surface area contributed by atoms with Crippen molar-refractivity contribution in [3.63, 3.8) is 0 Å². The van der Waals surface area contributed by atoms with Gasteiger partial charge in [-0.05, 0) is 48.7 Å². The number of piperidine rings is 1. The first kappa shape index (κ1) is 18.7. The number of nitrogens with zero attached hydrogens (tertiary/aromatic N) is 2. The van der Waals surface area contributed by atoms with Crippen LogP contribution in [-0.4, -0.2) is 28.9 Å². The Bertz CT molecular complexity index is 958. The number of halogens is 1. The molecule has 3 nitrogen and oxygen atoms in total. The monoisotopic (exact) mass is 390 g/mol. The van der Waals surface area contributed by atoms with Gasteiger partial charge >= 0.3 is 0 Å². The van der Waals surface area contributed by atoms with Crippen molar-refractivity contribution in [1.82, 2.24) is 9.88 Å². The van der Waals surface area contributed by atoms with Crippen LogP contribution in [0.3, 0.4) is 0 Å². The Balaban J connectivity index is 1.49. The van der Waals surface area contributed by atoms with Gasteiger partial charge in [0.05, 0.1) is 0 Å². The van der Waals surface area contributed by atoms with E-state index in [4.69, 9.17) is 16.6 Å². The molecule has 4 rings (SSSR count).